The number of nitrogens with zero attached hydrogens (tertiary/aromatic N) is 6. The van der Waals surface area contributed by atoms with Crippen LogP contribution in [0.1, 0.15) is 39.0 Å². The van der Waals surface area contributed by atoms with Crippen molar-refractivity contribution in [3.05, 3.63) is 12.4 Å². The summed E-state index contributed by atoms with van der Waals surface area (Å²) in [5.41, 5.74) is 0.692. The smallest absolute Gasteiger partial charge is 0.199 e. The molecule has 0 unspecified atom stereocenters. The molecule has 1 fully saturated rings. The van der Waals surface area contributed by atoms with Gasteiger partial charge >= 0.3 is 0 Å². The summed E-state index contributed by atoms with van der Waals surface area (Å²) in [6.07, 6.45) is 9.56. The van der Waals surface area contributed by atoms with Gasteiger partial charge in [0.1, 0.15) is 0 Å². The van der Waals surface area contributed by atoms with Crippen LogP contribution >= 0.6 is 0 Å². The van der Waals surface area contributed by atoms with E-state index < -0.39 is 0 Å². The zero-order valence-electron chi connectivity index (χ0n) is 12.7. The Morgan fingerprint density at radius 2 is 2.10 bits per heavy atom. The van der Waals surface area contributed by atoms with E-state index >= 15 is 0 Å². The molecule has 7 nitrogen and oxygen atoms in total. The maximum Gasteiger partial charge on any atom is 0.199 e. The highest BCUT2D eigenvalue weighted by atomic mass is 15.5. The van der Waals surface area contributed by atoms with Crippen molar-refractivity contribution in [2.24, 2.45) is 0 Å². The molecule has 1 saturated carbocycles. The van der Waals surface area contributed by atoms with Crippen molar-refractivity contribution in [3.8, 4) is 0 Å². The number of anilines is 1. The lowest BCUT2D eigenvalue weighted by Crippen LogP contribution is -2.41. The van der Waals surface area contributed by atoms with Crippen molar-refractivity contribution in [2.75, 3.05) is 18.5 Å². The number of rotatable bonds is 5. The van der Waals surface area contributed by atoms with E-state index in [1.54, 1.807) is 10.7 Å². The Hall–Kier alpha value is -1.76. The molecule has 0 atom stereocenters. The van der Waals surface area contributed by atoms with Crippen LogP contribution in [0.25, 0.3) is 5.65 Å². The molecule has 7 heteroatoms. The first-order chi connectivity index (χ1) is 10.3. The van der Waals surface area contributed by atoms with Gasteiger partial charge in [0, 0.05) is 19.1 Å². The number of aromatic nitrogens is 5. The molecule has 114 valence electrons. The van der Waals surface area contributed by atoms with E-state index in [2.05, 4.69) is 44.7 Å². The molecule has 0 amide bonds. The highest BCUT2D eigenvalue weighted by Gasteiger charge is 2.25. The zero-order chi connectivity index (χ0) is 14.7. The lowest BCUT2D eigenvalue weighted by molar-refractivity contribution is 0.336. The third-order valence-corrected chi connectivity index (χ3v) is 4.38. The van der Waals surface area contributed by atoms with Crippen LogP contribution in [0.4, 0.5) is 5.82 Å². The van der Waals surface area contributed by atoms with Gasteiger partial charge in [-0.1, -0.05) is 6.92 Å². The third-order valence-electron chi connectivity index (χ3n) is 4.38. The summed E-state index contributed by atoms with van der Waals surface area (Å²) in [4.78, 5) is 6.51. The van der Waals surface area contributed by atoms with Gasteiger partial charge in [0.15, 0.2) is 11.5 Å². The number of tetrazole rings is 1. The van der Waals surface area contributed by atoms with Gasteiger partial charge in [0.2, 0.25) is 0 Å². The number of nitrogens with one attached hydrogen (secondary N) is 1. The maximum atomic E-state index is 4.24. The molecular formula is C14H23N7. The molecule has 3 rings (SSSR count). The van der Waals surface area contributed by atoms with Crippen molar-refractivity contribution in [2.45, 2.75) is 51.1 Å². The largest absolute Gasteiger partial charge is 0.355 e. The quantitative estimate of drug-likeness (QED) is 0.893. The van der Waals surface area contributed by atoms with Gasteiger partial charge in [-0.3, -0.25) is 4.98 Å². The summed E-state index contributed by atoms with van der Waals surface area (Å²) in [5.74, 6) is 0.961. The molecule has 0 bridgehead atoms. The Kier molecular flexibility index (Phi) is 4.28. The van der Waals surface area contributed by atoms with Crippen molar-refractivity contribution in [1.82, 2.24) is 30.3 Å². The Morgan fingerprint density at radius 3 is 2.86 bits per heavy atom. The SMILES string of the molecule is CCCNC1CCC(N(C)c2cncc3nnnn23)CC1. The first kappa shape index (κ1) is 14.2. The predicted octanol–water partition coefficient (Wildman–Crippen LogP) is 1.27. The van der Waals surface area contributed by atoms with Gasteiger partial charge in [-0.15, -0.1) is 5.10 Å². The Labute approximate surface area is 124 Å². The topological polar surface area (TPSA) is 71.2 Å². The molecule has 1 N–H and O–H groups in total. The fourth-order valence-corrected chi connectivity index (χ4v) is 3.11. The van der Waals surface area contributed by atoms with Crippen LogP contribution in [-0.4, -0.2) is 50.7 Å². The molecule has 1 aliphatic carbocycles. The van der Waals surface area contributed by atoms with Crippen LogP contribution < -0.4 is 10.2 Å². The third kappa shape index (κ3) is 2.97. The molecule has 21 heavy (non-hydrogen) atoms. The van der Waals surface area contributed by atoms with Crippen molar-refractivity contribution in [1.29, 1.82) is 0 Å². The van der Waals surface area contributed by atoms with Crippen molar-refractivity contribution >= 4 is 11.5 Å². The van der Waals surface area contributed by atoms with Crippen molar-refractivity contribution < 1.29 is 0 Å². The van der Waals surface area contributed by atoms with E-state index in [4.69, 9.17) is 0 Å². The van der Waals surface area contributed by atoms with Crippen LogP contribution in [-0.2, 0) is 0 Å². The van der Waals surface area contributed by atoms with Gasteiger partial charge in [0.25, 0.3) is 0 Å². The summed E-state index contributed by atoms with van der Waals surface area (Å²) in [7, 11) is 2.11. The average molecular weight is 289 g/mol. The number of fused-ring (bicyclic) bond motifs is 1. The molecule has 0 spiro atoms. The highest BCUT2D eigenvalue weighted by Crippen LogP contribution is 2.26. The maximum absolute atomic E-state index is 4.24. The van der Waals surface area contributed by atoms with Crippen LogP contribution in [0.3, 0.4) is 0 Å². The molecule has 2 heterocycles. The summed E-state index contributed by atoms with van der Waals surface area (Å²) in [6.45, 7) is 3.34. The van der Waals surface area contributed by atoms with E-state index in [0.29, 0.717) is 17.7 Å². The minimum Gasteiger partial charge on any atom is -0.355 e. The Morgan fingerprint density at radius 1 is 1.29 bits per heavy atom. The lowest BCUT2D eigenvalue weighted by Gasteiger charge is -2.35. The van der Waals surface area contributed by atoms with Crippen LogP contribution in [0, 0.1) is 0 Å². The fourth-order valence-electron chi connectivity index (χ4n) is 3.11. The van der Waals surface area contributed by atoms with Crippen LogP contribution in [0.15, 0.2) is 12.4 Å². The fraction of sp³-hybridized carbons (Fsp3) is 0.714. The first-order valence-electron chi connectivity index (χ1n) is 7.78. The molecule has 0 aliphatic heterocycles. The molecule has 0 aromatic carbocycles. The highest BCUT2D eigenvalue weighted by molar-refractivity contribution is 5.46. The zero-order valence-corrected chi connectivity index (χ0v) is 12.7. The van der Waals surface area contributed by atoms with Gasteiger partial charge in [-0.05, 0) is 49.1 Å². The van der Waals surface area contributed by atoms with E-state index in [1.807, 2.05) is 6.20 Å². The molecule has 0 saturated heterocycles. The first-order valence-corrected chi connectivity index (χ1v) is 7.78. The normalized spacial score (nSPS) is 22.6. The van der Waals surface area contributed by atoms with E-state index in [0.717, 1.165) is 12.4 Å². The summed E-state index contributed by atoms with van der Waals surface area (Å²) < 4.78 is 1.76. The summed E-state index contributed by atoms with van der Waals surface area (Å²) in [6, 6.07) is 1.21. The van der Waals surface area contributed by atoms with Gasteiger partial charge in [-0.25, -0.2) is 0 Å². The lowest BCUT2D eigenvalue weighted by atomic mass is 9.90. The Balaban J connectivity index is 1.66. The van der Waals surface area contributed by atoms with E-state index in [9.17, 15) is 0 Å². The molecule has 2 aromatic heterocycles. The average Bonchev–Trinajstić information content (AvgIpc) is 3.01. The second kappa shape index (κ2) is 6.34. The van der Waals surface area contributed by atoms with Gasteiger partial charge < -0.3 is 10.2 Å². The standard InChI is InChI=1S/C14H23N7/c1-3-8-16-11-4-6-12(7-5-11)20(2)14-10-15-9-13-17-18-19-21(13)14/h9-12,16H,3-8H2,1-2H3. The number of hydrogen-bond acceptors (Lipinski definition) is 6. The molecule has 2 aromatic rings. The van der Waals surface area contributed by atoms with Crippen molar-refractivity contribution in [3.63, 3.8) is 0 Å². The molecule has 0 radical (unpaired) electrons. The predicted molar refractivity (Wildman–Crippen MR) is 81.3 cm³/mol. The van der Waals surface area contributed by atoms with E-state index in [1.165, 1.54) is 32.1 Å². The Bertz CT molecular complexity index is 573. The number of hydrogen-bond donors (Lipinski definition) is 1. The second-order valence-electron chi connectivity index (χ2n) is 5.78. The minimum absolute atomic E-state index is 0.529. The van der Waals surface area contributed by atoms with E-state index in [-0.39, 0.29) is 0 Å². The van der Waals surface area contributed by atoms with Gasteiger partial charge in [-0.2, -0.15) is 4.52 Å². The molecule has 1 aliphatic rings. The molecular weight excluding hydrogens is 266 g/mol. The summed E-state index contributed by atoms with van der Waals surface area (Å²) in [5, 5.41) is 15.4. The summed E-state index contributed by atoms with van der Waals surface area (Å²) >= 11 is 0. The van der Waals surface area contributed by atoms with Crippen LogP contribution in [0.2, 0.25) is 0 Å². The minimum atomic E-state index is 0.529. The monoisotopic (exact) mass is 289 g/mol. The van der Waals surface area contributed by atoms with Gasteiger partial charge in [0.05, 0.1) is 12.4 Å². The second-order valence-corrected chi connectivity index (χ2v) is 5.78. The van der Waals surface area contributed by atoms with Crippen LogP contribution in [0.5, 0.6) is 0 Å².